The molecule has 6 rings (SSSR count). The van der Waals surface area contributed by atoms with E-state index >= 15 is 14.4 Å². The second kappa shape index (κ2) is 34.4. The number of rotatable bonds is 10. The summed E-state index contributed by atoms with van der Waals surface area (Å²) in [4.78, 5) is 188. The van der Waals surface area contributed by atoms with Crippen molar-refractivity contribution >= 4 is 82.5 Å². The van der Waals surface area contributed by atoms with Crippen LogP contribution in [0, 0.1) is 17.8 Å². The SMILES string of the molecule is CC[C@H](C)[C@@H]1NC(=O)[C@H](C)N(CC)C(=O)C[C@@H](C(=O)N2CCCCC2)N(C)C(=O)[C@H](C(C)C)N(C)C(=O)C2(CCCC2)NC(=O)[C@@H]2CCCN2C(=O)[C@H](CCc2ccc(C(F)(F)F)c(Cl)c2)NC(=O)CN(C)C(=O)[C@H](CC2CCCCC2)N(C)C(=O)CN(C)C(=O)CN(C)C1=O. The molecule has 0 bridgehead atoms. The molecule has 3 saturated heterocycles. The molecule has 1 aromatic rings. The Bertz CT molecular complexity index is 2990. The number of halogens is 4. The Hall–Kier alpha value is -7.06. The van der Waals surface area contributed by atoms with Gasteiger partial charge in [-0.25, -0.2) is 0 Å². The third-order valence-corrected chi connectivity index (χ3v) is 20.8. The molecule has 5 fully saturated rings. The third-order valence-electron chi connectivity index (χ3n) is 20.5. The molecule has 0 radical (unpaired) electrons. The lowest BCUT2D eigenvalue weighted by molar-refractivity contribution is -0.156. The van der Waals surface area contributed by atoms with E-state index in [1.807, 2.05) is 6.92 Å². The maximum Gasteiger partial charge on any atom is 0.417 e. The fraction of sp³-hybridized carbons (Fsp3) is 0.735. The molecule has 28 heteroatoms. The summed E-state index contributed by atoms with van der Waals surface area (Å²) in [6.07, 6.45) is 3.37. The average Bonchev–Trinajstić information content (AvgIpc) is 1.53. The van der Waals surface area contributed by atoms with Gasteiger partial charge in [-0.1, -0.05) is 96.7 Å². The van der Waals surface area contributed by atoms with Crippen LogP contribution in [0.4, 0.5) is 13.2 Å². The van der Waals surface area contributed by atoms with Gasteiger partial charge in [-0.15, -0.1) is 0 Å². The number of nitrogens with one attached hydrogen (secondary N) is 3. The molecule has 0 aromatic heterocycles. The third kappa shape index (κ3) is 19.2. The van der Waals surface area contributed by atoms with E-state index in [1.165, 1.54) is 79.8 Å². The molecule has 2 saturated carbocycles. The van der Waals surface area contributed by atoms with Crippen molar-refractivity contribution < 1.29 is 70.7 Å². The van der Waals surface area contributed by atoms with Crippen LogP contribution in [0.5, 0.6) is 0 Å². The minimum Gasteiger partial charge on any atom is -0.343 e. The standard InChI is InChI=1S/C68H104ClF3N12O12/c1-13-43(5)57-64(94)78(9)40-55(87)76(7)41-56(88)79(10)51(37-45-24-17-15-18-25-45)62(92)77(8)39-53(85)73-49(30-28-46-27-29-47(48(69)36-46)68(70,71)72)61(91)84-35-23-26-50(84)60(90)75-67(31-19-20-32-67)66(96)81(12)58(42(3)4)65(95)80(11)52(63(93)82-33-21-16-22-34-82)38-54(86)83(14-2)44(6)59(89)74-57/h27,29,36,42-45,49-52,57-58H,13-26,28,30-35,37-41H2,1-12H3,(H,73,85)(H,74,89)(H,75,90)/t43-,44-,49-,50-,51-,52-,57-,58-/m0/s1. The van der Waals surface area contributed by atoms with Gasteiger partial charge < -0.3 is 60.0 Å². The predicted molar refractivity (Wildman–Crippen MR) is 353 cm³/mol. The minimum atomic E-state index is -4.76. The number of fused-ring (bicyclic) bond motifs is 1. The quantitative estimate of drug-likeness (QED) is 0.284. The highest BCUT2D eigenvalue weighted by atomic mass is 35.5. The van der Waals surface area contributed by atoms with Gasteiger partial charge in [0.2, 0.25) is 70.9 Å². The summed E-state index contributed by atoms with van der Waals surface area (Å²) in [6, 6.07) is -5.67. The summed E-state index contributed by atoms with van der Waals surface area (Å²) in [5.74, 6) is -8.98. The fourth-order valence-corrected chi connectivity index (χ4v) is 14.7. The molecular weight excluding hydrogens is 1270 g/mol. The van der Waals surface area contributed by atoms with Gasteiger partial charge in [0.05, 0.1) is 36.6 Å². The Morgan fingerprint density at radius 2 is 1.28 bits per heavy atom. The van der Waals surface area contributed by atoms with Crippen LogP contribution in [0.2, 0.25) is 5.02 Å². The Balaban J connectivity index is 1.40. The Morgan fingerprint density at radius 3 is 1.88 bits per heavy atom. The van der Waals surface area contributed by atoms with Crippen LogP contribution in [0.25, 0.3) is 0 Å². The zero-order valence-corrected chi connectivity index (χ0v) is 59.1. The van der Waals surface area contributed by atoms with Crippen molar-refractivity contribution in [3.05, 3.63) is 34.3 Å². The van der Waals surface area contributed by atoms with E-state index in [0.29, 0.717) is 57.2 Å². The summed E-state index contributed by atoms with van der Waals surface area (Å²) in [5, 5.41) is 8.00. The number of aryl methyl sites for hydroxylation is 1. The lowest BCUT2D eigenvalue weighted by atomic mass is 9.84. The molecule has 3 heterocycles. The summed E-state index contributed by atoms with van der Waals surface area (Å²) in [7, 11) is 8.39. The average molecular weight is 1370 g/mol. The van der Waals surface area contributed by atoms with E-state index in [1.54, 1.807) is 32.6 Å². The number of benzene rings is 1. The van der Waals surface area contributed by atoms with Crippen molar-refractivity contribution in [3.63, 3.8) is 0 Å². The topological polar surface area (TPSA) is 270 Å². The Morgan fingerprint density at radius 1 is 0.667 bits per heavy atom. The van der Waals surface area contributed by atoms with Crippen molar-refractivity contribution in [1.29, 1.82) is 0 Å². The van der Waals surface area contributed by atoms with E-state index in [4.69, 9.17) is 11.6 Å². The van der Waals surface area contributed by atoms with E-state index in [-0.39, 0.29) is 57.5 Å². The number of likely N-dealkylation sites (N-methyl/N-ethyl adjacent to an activating group) is 7. The summed E-state index contributed by atoms with van der Waals surface area (Å²) >= 11 is 6.13. The van der Waals surface area contributed by atoms with Gasteiger partial charge in [-0.3, -0.25) is 57.5 Å². The highest BCUT2D eigenvalue weighted by Gasteiger charge is 2.51. The maximum atomic E-state index is 15.4. The molecule has 12 amide bonds. The van der Waals surface area contributed by atoms with Gasteiger partial charge in [0.15, 0.2) is 0 Å². The van der Waals surface area contributed by atoms with Crippen molar-refractivity contribution in [1.82, 2.24) is 60.0 Å². The van der Waals surface area contributed by atoms with E-state index in [0.717, 1.165) is 65.4 Å². The minimum absolute atomic E-state index is 0.0203. The van der Waals surface area contributed by atoms with Gasteiger partial charge in [0.1, 0.15) is 47.8 Å². The number of amides is 12. The molecule has 2 aliphatic carbocycles. The number of piperidine rings is 1. The molecule has 536 valence electrons. The zero-order valence-electron chi connectivity index (χ0n) is 58.3. The molecule has 24 nitrogen and oxygen atoms in total. The van der Waals surface area contributed by atoms with Gasteiger partial charge in [-0.2, -0.15) is 13.2 Å². The van der Waals surface area contributed by atoms with Gasteiger partial charge in [-0.05, 0) is 114 Å². The zero-order chi connectivity index (χ0) is 71.3. The maximum absolute atomic E-state index is 15.4. The summed E-state index contributed by atoms with van der Waals surface area (Å²) in [6.45, 7) is 9.21. The monoisotopic (exact) mass is 1370 g/mol. The second-order valence-electron chi connectivity index (χ2n) is 27.7. The molecule has 5 aliphatic rings. The van der Waals surface area contributed by atoms with Crippen molar-refractivity contribution in [2.24, 2.45) is 17.8 Å². The summed E-state index contributed by atoms with van der Waals surface area (Å²) in [5.41, 5.74) is -2.36. The van der Waals surface area contributed by atoms with Crippen LogP contribution in [0.1, 0.15) is 168 Å². The highest BCUT2D eigenvalue weighted by Crippen LogP contribution is 2.37. The van der Waals surface area contributed by atoms with Crippen LogP contribution < -0.4 is 16.0 Å². The normalized spacial score (nSPS) is 26.4. The number of carbonyl (C=O) groups is 12. The Kier molecular flexibility index (Phi) is 28.0. The number of hydrogen-bond acceptors (Lipinski definition) is 12. The van der Waals surface area contributed by atoms with E-state index in [2.05, 4.69) is 16.0 Å². The van der Waals surface area contributed by atoms with Crippen LogP contribution in [0.3, 0.4) is 0 Å². The number of carbonyl (C=O) groups excluding carboxylic acids is 12. The first-order valence-corrected chi connectivity index (χ1v) is 34.8. The molecule has 1 aromatic carbocycles. The van der Waals surface area contributed by atoms with Crippen LogP contribution in [-0.4, -0.2) is 251 Å². The smallest absolute Gasteiger partial charge is 0.343 e. The molecule has 96 heavy (non-hydrogen) atoms. The van der Waals surface area contributed by atoms with Crippen molar-refractivity contribution in [2.45, 2.75) is 218 Å². The number of nitrogens with zero attached hydrogens (tertiary/aromatic N) is 9. The van der Waals surface area contributed by atoms with Gasteiger partial charge >= 0.3 is 6.18 Å². The molecule has 8 atom stereocenters. The number of hydrogen-bond donors (Lipinski definition) is 3. The van der Waals surface area contributed by atoms with Crippen molar-refractivity contribution in [3.8, 4) is 0 Å². The first-order valence-electron chi connectivity index (χ1n) is 34.4. The lowest BCUT2D eigenvalue weighted by Gasteiger charge is -2.42. The molecule has 3 aliphatic heterocycles. The van der Waals surface area contributed by atoms with Crippen LogP contribution in [-0.2, 0) is 70.1 Å². The highest BCUT2D eigenvalue weighted by molar-refractivity contribution is 6.31. The van der Waals surface area contributed by atoms with E-state index in [9.17, 15) is 56.3 Å². The van der Waals surface area contributed by atoms with Crippen molar-refractivity contribution in [2.75, 3.05) is 88.1 Å². The summed E-state index contributed by atoms with van der Waals surface area (Å²) < 4.78 is 41.5. The number of likely N-dealkylation sites (tertiary alicyclic amines) is 1. The fourth-order valence-electron chi connectivity index (χ4n) is 14.4. The Labute approximate surface area is 568 Å². The van der Waals surface area contributed by atoms with Gasteiger partial charge in [0, 0.05) is 68.5 Å². The van der Waals surface area contributed by atoms with E-state index < -0.39 is 173 Å². The lowest BCUT2D eigenvalue weighted by Crippen LogP contribution is -2.65. The molecule has 3 N–H and O–H groups in total. The molecular formula is C68H104ClF3N12O12. The first kappa shape index (κ1) is 77.9. The molecule has 1 spiro atoms. The first-order chi connectivity index (χ1) is 45.2. The number of alkyl halides is 3. The van der Waals surface area contributed by atoms with Gasteiger partial charge in [0.25, 0.3) is 0 Å². The predicted octanol–water partition coefficient (Wildman–Crippen LogP) is 4.86. The largest absolute Gasteiger partial charge is 0.417 e. The molecule has 0 unspecified atom stereocenters. The van der Waals surface area contributed by atoms with Crippen LogP contribution >= 0.6 is 11.6 Å². The van der Waals surface area contributed by atoms with Crippen LogP contribution in [0.15, 0.2) is 18.2 Å². The second-order valence-corrected chi connectivity index (χ2v) is 28.1.